The zero-order valence-electron chi connectivity index (χ0n) is 13.0. The minimum atomic E-state index is -0.464. The van der Waals surface area contributed by atoms with Crippen LogP contribution < -0.4 is 4.90 Å². The fraction of sp³-hybridized carbons (Fsp3) is 0.562. The third-order valence-corrected chi connectivity index (χ3v) is 4.74. The number of carbonyl (C=O) groups excluding carboxylic acids is 1. The molecule has 1 aromatic rings. The summed E-state index contributed by atoms with van der Waals surface area (Å²) in [6.45, 7) is 7.77. The number of piperazine rings is 1. The van der Waals surface area contributed by atoms with E-state index < -0.39 is 5.60 Å². The smallest absolute Gasteiger partial charge is 0.410 e. The topological polar surface area (TPSA) is 32.8 Å². The molecule has 4 nitrogen and oxygen atoms in total. The Balaban J connectivity index is 1.73. The maximum absolute atomic E-state index is 12.2. The van der Waals surface area contributed by atoms with Crippen LogP contribution in [0.3, 0.4) is 0 Å². The Morgan fingerprint density at radius 3 is 2.59 bits per heavy atom. The Morgan fingerprint density at radius 1 is 1.23 bits per heavy atom. The lowest BCUT2D eigenvalue weighted by atomic mass is 10.1. The number of amides is 1. The van der Waals surface area contributed by atoms with Gasteiger partial charge in [-0.2, -0.15) is 0 Å². The van der Waals surface area contributed by atoms with Gasteiger partial charge in [-0.15, -0.1) is 0 Å². The lowest BCUT2D eigenvalue weighted by molar-refractivity contribution is 0.0217. The van der Waals surface area contributed by atoms with Crippen LogP contribution in [0.5, 0.6) is 0 Å². The van der Waals surface area contributed by atoms with Gasteiger partial charge in [0.15, 0.2) is 0 Å². The maximum Gasteiger partial charge on any atom is 0.410 e. The molecule has 1 fully saturated rings. The molecule has 1 atom stereocenters. The van der Waals surface area contributed by atoms with Crippen molar-refractivity contribution in [3.8, 4) is 0 Å². The quantitative estimate of drug-likeness (QED) is 0.714. The second kappa shape index (κ2) is 5.50. The molecule has 0 N–H and O–H groups in total. The summed E-state index contributed by atoms with van der Waals surface area (Å²) in [5, 5.41) is 1.17. The van der Waals surface area contributed by atoms with Crippen LogP contribution in [-0.4, -0.2) is 42.3 Å². The molecule has 0 saturated carbocycles. The van der Waals surface area contributed by atoms with E-state index in [1.54, 1.807) is 4.90 Å². The maximum atomic E-state index is 12.2. The van der Waals surface area contributed by atoms with E-state index in [0.717, 1.165) is 18.7 Å². The van der Waals surface area contributed by atoms with Crippen molar-refractivity contribution < 1.29 is 9.53 Å². The number of fused-ring (bicyclic) bond motifs is 3. The van der Waals surface area contributed by atoms with Crippen LogP contribution in [0, 0.1) is 0 Å². The second-order valence-corrected chi connectivity index (χ2v) is 7.69. The summed E-state index contributed by atoms with van der Waals surface area (Å²) < 4.78 is 5.47. The Hall–Kier alpha value is -1.13. The van der Waals surface area contributed by atoms with Crippen LogP contribution in [0.15, 0.2) is 12.1 Å². The van der Waals surface area contributed by atoms with Gasteiger partial charge >= 0.3 is 6.09 Å². The Morgan fingerprint density at radius 2 is 1.91 bits per heavy atom. The average Bonchev–Trinajstić information content (AvgIpc) is 2.74. The van der Waals surface area contributed by atoms with Crippen molar-refractivity contribution in [2.24, 2.45) is 0 Å². The molecular weight excluding hydrogens is 323 g/mol. The van der Waals surface area contributed by atoms with Crippen LogP contribution in [0.4, 0.5) is 10.5 Å². The van der Waals surface area contributed by atoms with Crippen molar-refractivity contribution in [2.75, 3.05) is 24.5 Å². The standard InChI is InChI=1S/C16H20Cl2N2O2/c1-16(2,3)22-15(21)19-4-5-20-11(9-19)6-10-7-12(17)13(18)8-14(10)20/h7-8,11H,4-6,9H2,1-3H3. The first kappa shape index (κ1) is 15.8. The largest absolute Gasteiger partial charge is 0.444 e. The number of halogens is 2. The molecule has 0 spiro atoms. The number of nitrogens with zero attached hydrogens (tertiary/aromatic N) is 2. The highest BCUT2D eigenvalue weighted by molar-refractivity contribution is 6.42. The van der Waals surface area contributed by atoms with Crippen molar-refractivity contribution in [1.29, 1.82) is 0 Å². The van der Waals surface area contributed by atoms with Gasteiger partial charge < -0.3 is 14.5 Å². The Labute approximate surface area is 140 Å². The highest BCUT2D eigenvalue weighted by atomic mass is 35.5. The van der Waals surface area contributed by atoms with E-state index in [-0.39, 0.29) is 12.1 Å². The van der Waals surface area contributed by atoms with Gasteiger partial charge in [-0.1, -0.05) is 23.2 Å². The normalized spacial score (nSPS) is 20.7. The third kappa shape index (κ3) is 2.99. The second-order valence-electron chi connectivity index (χ2n) is 6.87. The molecule has 2 aliphatic rings. The molecule has 0 aliphatic carbocycles. The predicted molar refractivity (Wildman–Crippen MR) is 89.1 cm³/mol. The van der Waals surface area contributed by atoms with E-state index in [0.29, 0.717) is 23.1 Å². The summed E-state index contributed by atoms with van der Waals surface area (Å²) in [5.41, 5.74) is 1.88. The number of ether oxygens (including phenoxy) is 1. The van der Waals surface area contributed by atoms with Gasteiger partial charge in [0.25, 0.3) is 0 Å². The van der Waals surface area contributed by atoms with Crippen molar-refractivity contribution in [1.82, 2.24) is 4.90 Å². The van der Waals surface area contributed by atoms with Crippen LogP contribution in [0.2, 0.25) is 10.0 Å². The molecule has 22 heavy (non-hydrogen) atoms. The van der Waals surface area contributed by atoms with E-state index in [1.807, 2.05) is 32.9 Å². The molecule has 1 aromatic carbocycles. The van der Waals surface area contributed by atoms with Crippen molar-refractivity contribution in [2.45, 2.75) is 38.8 Å². The molecule has 1 amide bonds. The van der Waals surface area contributed by atoms with Crippen LogP contribution in [0.25, 0.3) is 0 Å². The highest BCUT2D eigenvalue weighted by Crippen LogP contribution is 2.39. The molecule has 120 valence electrons. The number of hydrogen-bond donors (Lipinski definition) is 0. The molecule has 6 heteroatoms. The fourth-order valence-electron chi connectivity index (χ4n) is 3.10. The molecule has 2 heterocycles. The van der Waals surface area contributed by atoms with Gasteiger partial charge in [0, 0.05) is 25.3 Å². The van der Waals surface area contributed by atoms with Gasteiger partial charge in [-0.25, -0.2) is 4.79 Å². The molecular formula is C16H20Cl2N2O2. The zero-order valence-corrected chi connectivity index (χ0v) is 14.5. The fourth-order valence-corrected chi connectivity index (χ4v) is 3.45. The molecule has 3 rings (SSSR count). The number of carbonyl (C=O) groups is 1. The molecule has 0 radical (unpaired) electrons. The van der Waals surface area contributed by atoms with Crippen LogP contribution in [-0.2, 0) is 11.2 Å². The summed E-state index contributed by atoms with van der Waals surface area (Å²) in [7, 11) is 0. The highest BCUT2D eigenvalue weighted by Gasteiger charge is 2.37. The van der Waals surface area contributed by atoms with E-state index in [1.165, 1.54) is 5.56 Å². The predicted octanol–water partition coefficient (Wildman–Crippen LogP) is 3.98. The lowest BCUT2D eigenvalue weighted by Gasteiger charge is -2.39. The first-order valence-corrected chi connectivity index (χ1v) is 8.23. The number of hydrogen-bond acceptors (Lipinski definition) is 3. The molecule has 0 bridgehead atoms. The van der Waals surface area contributed by atoms with Gasteiger partial charge in [-0.05, 0) is 44.9 Å². The first-order chi connectivity index (χ1) is 10.2. The summed E-state index contributed by atoms with van der Waals surface area (Å²) >= 11 is 12.2. The van der Waals surface area contributed by atoms with E-state index in [2.05, 4.69) is 4.90 Å². The zero-order chi connectivity index (χ0) is 16.1. The van der Waals surface area contributed by atoms with Gasteiger partial charge in [0.2, 0.25) is 0 Å². The summed E-state index contributed by atoms with van der Waals surface area (Å²) in [6, 6.07) is 4.14. The van der Waals surface area contributed by atoms with Crippen LogP contribution >= 0.6 is 23.2 Å². The third-order valence-electron chi connectivity index (χ3n) is 4.02. The summed E-state index contributed by atoms with van der Waals surface area (Å²) in [4.78, 5) is 16.3. The Bertz CT molecular complexity index is 613. The van der Waals surface area contributed by atoms with E-state index in [4.69, 9.17) is 27.9 Å². The average molecular weight is 343 g/mol. The van der Waals surface area contributed by atoms with Crippen molar-refractivity contribution >= 4 is 35.0 Å². The number of anilines is 1. The minimum absolute atomic E-state index is 0.237. The first-order valence-electron chi connectivity index (χ1n) is 7.47. The van der Waals surface area contributed by atoms with E-state index >= 15 is 0 Å². The molecule has 1 unspecified atom stereocenters. The van der Waals surface area contributed by atoms with Gasteiger partial charge in [-0.3, -0.25) is 0 Å². The van der Waals surface area contributed by atoms with E-state index in [9.17, 15) is 4.79 Å². The minimum Gasteiger partial charge on any atom is -0.444 e. The lowest BCUT2D eigenvalue weighted by Crippen LogP contribution is -2.54. The van der Waals surface area contributed by atoms with Crippen molar-refractivity contribution in [3.05, 3.63) is 27.7 Å². The summed E-state index contributed by atoms with van der Waals surface area (Å²) in [5.74, 6) is 0. The van der Waals surface area contributed by atoms with Crippen molar-refractivity contribution in [3.63, 3.8) is 0 Å². The molecule has 0 aromatic heterocycles. The molecule has 2 aliphatic heterocycles. The molecule has 1 saturated heterocycles. The van der Waals surface area contributed by atoms with Gasteiger partial charge in [0.05, 0.1) is 16.1 Å². The Kier molecular flexibility index (Phi) is 3.94. The summed E-state index contributed by atoms with van der Waals surface area (Å²) in [6.07, 6.45) is 0.644. The number of benzene rings is 1. The number of rotatable bonds is 0. The van der Waals surface area contributed by atoms with Crippen LogP contribution in [0.1, 0.15) is 26.3 Å². The SMILES string of the molecule is CC(C)(C)OC(=O)N1CCN2c3cc(Cl)c(Cl)cc3CC2C1. The monoisotopic (exact) mass is 342 g/mol. The van der Waals surface area contributed by atoms with Gasteiger partial charge in [0.1, 0.15) is 5.60 Å².